The lowest BCUT2D eigenvalue weighted by Crippen LogP contribution is -2.66. The van der Waals surface area contributed by atoms with Crippen molar-refractivity contribution in [3.05, 3.63) is 118 Å². The van der Waals surface area contributed by atoms with Crippen LogP contribution in [0.1, 0.15) is 24.2 Å². The molecule has 0 bridgehead atoms. The van der Waals surface area contributed by atoms with Crippen LogP contribution in [-0.4, -0.2) is 65.9 Å². The molecular formula is C32H28N7O11P. The van der Waals surface area contributed by atoms with Crippen LogP contribution in [0, 0.1) is 22.0 Å². The number of amides is 2. The predicted octanol–water partition coefficient (Wildman–Crippen LogP) is 3.44. The summed E-state index contributed by atoms with van der Waals surface area (Å²) >= 11 is 0. The number of phosphoric acid groups is 1. The monoisotopic (exact) mass is 717 g/mol. The Balaban J connectivity index is 1.32. The van der Waals surface area contributed by atoms with Gasteiger partial charge in [-0.2, -0.15) is 4.57 Å². The molecule has 0 saturated carbocycles. The van der Waals surface area contributed by atoms with Gasteiger partial charge in [-0.1, -0.05) is 43.3 Å². The lowest BCUT2D eigenvalue weighted by Gasteiger charge is -2.47. The normalized spacial score (nSPS) is 18.6. The number of nitrogens with zero attached hydrogens (tertiary/aromatic N) is 6. The van der Waals surface area contributed by atoms with Crippen LogP contribution in [0.4, 0.5) is 5.69 Å². The highest BCUT2D eigenvalue weighted by Gasteiger charge is 2.62. The van der Waals surface area contributed by atoms with Gasteiger partial charge in [-0.3, -0.25) is 24.6 Å². The number of ether oxygens (including phenoxy) is 1. The SMILES string of the molecule is C[C@@H](NC(=O)Cn1cnnn1)C1C(=O)N2C(C(=O)OC(=O)c3ccc([N+](=O)[O-])cc3)=C(OP(=O)(Oc3ccccc3)Oc3ccccc3)[C@H](C)C12. The Morgan fingerprint density at radius 1 is 0.941 bits per heavy atom. The molecule has 0 aliphatic carbocycles. The summed E-state index contributed by atoms with van der Waals surface area (Å²) in [5.41, 5.74) is -1.03. The number of benzene rings is 3. The van der Waals surface area contributed by atoms with Gasteiger partial charge in [0, 0.05) is 24.1 Å². The molecule has 1 aromatic heterocycles. The molecule has 0 spiro atoms. The summed E-state index contributed by atoms with van der Waals surface area (Å²) in [4.78, 5) is 64.7. The van der Waals surface area contributed by atoms with Gasteiger partial charge in [-0.15, -0.1) is 5.10 Å². The Hall–Kier alpha value is -6.42. The highest BCUT2D eigenvalue weighted by atomic mass is 31.2. The summed E-state index contributed by atoms with van der Waals surface area (Å²) in [6.07, 6.45) is 1.25. The maximum atomic E-state index is 14.4. The second kappa shape index (κ2) is 14.2. The van der Waals surface area contributed by atoms with E-state index in [1.807, 2.05) is 0 Å². The van der Waals surface area contributed by atoms with Crippen LogP contribution in [0.15, 0.2) is 103 Å². The summed E-state index contributed by atoms with van der Waals surface area (Å²) in [6, 6.07) is 18.6. The van der Waals surface area contributed by atoms with E-state index in [-0.39, 0.29) is 35.1 Å². The van der Waals surface area contributed by atoms with Gasteiger partial charge < -0.3 is 23.6 Å². The molecule has 0 radical (unpaired) electrons. The number of β-lactam (4-membered cyclic amide) rings is 1. The van der Waals surface area contributed by atoms with Gasteiger partial charge in [-0.25, -0.2) is 14.3 Å². The summed E-state index contributed by atoms with van der Waals surface area (Å²) < 4.78 is 38.2. The van der Waals surface area contributed by atoms with Crippen molar-refractivity contribution < 1.29 is 47.0 Å². The van der Waals surface area contributed by atoms with E-state index in [9.17, 15) is 33.9 Å². The van der Waals surface area contributed by atoms with Crippen LogP contribution in [0.5, 0.6) is 11.5 Å². The van der Waals surface area contributed by atoms with E-state index in [1.165, 1.54) is 35.3 Å². The standard InChI is InChI=1S/C32H28N7O11P/c1-19-27-26(20(2)34-25(40)17-37-18-33-35-36-37)30(41)38(27)28(32(43)47-31(42)21-13-15-22(16-14-21)39(44)45)29(19)50-51(46,48-23-9-5-3-6-10-23)49-24-11-7-4-8-12-24/h3-16,18-20,26-27H,17H2,1-2H3,(H,34,40)/t19-,20-,26?,27?/m1/s1. The van der Waals surface area contributed by atoms with E-state index < -0.39 is 66.1 Å². The molecule has 2 aliphatic heterocycles. The molecule has 3 heterocycles. The highest BCUT2D eigenvalue weighted by molar-refractivity contribution is 7.49. The van der Waals surface area contributed by atoms with E-state index in [1.54, 1.807) is 50.2 Å². The Morgan fingerprint density at radius 3 is 2.10 bits per heavy atom. The van der Waals surface area contributed by atoms with Crippen molar-refractivity contribution in [2.45, 2.75) is 32.5 Å². The molecule has 4 aromatic rings. The number of carbonyl (C=O) groups excluding carboxylic acids is 4. The zero-order valence-electron chi connectivity index (χ0n) is 26.8. The molecule has 3 aromatic carbocycles. The number of tetrazole rings is 1. The number of esters is 2. The van der Waals surface area contributed by atoms with Gasteiger partial charge in [-0.05, 0) is 53.7 Å². The fraction of sp³-hybridized carbons (Fsp3) is 0.219. The lowest BCUT2D eigenvalue weighted by molar-refractivity contribution is -0.384. The van der Waals surface area contributed by atoms with Crippen LogP contribution in [0.2, 0.25) is 0 Å². The van der Waals surface area contributed by atoms with E-state index >= 15 is 0 Å². The number of rotatable bonds is 13. The second-order valence-corrected chi connectivity index (χ2v) is 12.9. The number of hydrogen-bond donors (Lipinski definition) is 1. The van der Waals surface area contributed by atoms with Gasteiger partial charge in [0.2, 0.25) is 11.8 Å². The third-order valence-corrected chi connectivity index (χ3v) is 9.33. The minimum absolute atomic E-state index is 0.0941. The molecule has 19 heteroatoms. The zero-order chi connectivity index (χ0) is 36.3. The Kier molecular flexibility index (Phi) is 9.59. The van der Waals surface area contributed by atoms with Crippen molar-refractivity contribution in [1.82, 2.24) is 30.4 Å². The van der Waals surface area contributed by atoms with Crippen molar-refractivity contribution in [2.75, 3.05) is 0 Å². The number of fused-ring (bicyclic) bond motifs is 1. The number of nitro benzene ring substituents is 1. The number of carbonyl (C=O) groups is 4. The first-order valence-electron chi connectivity index (χ1n) is 15.3. The largest absolute Gasteiger partial charge is 0.646 e. The first-order chi connectivity index (χ1) is 24.4. The highest BCUT2D eigenvalue weighted by Crippen LogP contribution is 2.57. The van der Waals surface area contributed by atoms with Gasteiger partial charge in [0.1, 0.15) is 30.1 Å². The minimum atomic E-state index is -4.72. The molecule has 18 nitrogen and oxygen atoms in total. The number of para-hydroxylation sites is 2. The minimum Gasteiger partial charge on any atom is -0.388 e. The van der Waals surface area contributed by atoms with Crippen molar-refractivity contribution in [3.63, 3.8) is 0 Å². The van der Waals surface area contributed by atoms with E-state index in [2.05, 4.69) is 20.8 Å². The summed E-state index contributed by atoms with van der Waals surface area (Å²) in [7, 11) is -4.72. The summed E-state index contributed by atoms with van der Waals surface area (Å²) in [5, 5.41) is 24.4. The van der Waals surface area contributed by atoms with Crippen LogP contribution in [0.3, 0.4) is 0 Å². The van der Waals surface area contributed by atoms with Gasteiger partial charge >= 0.3 is 19.8 Å². The molecule has 2 unspecified atom stereocenters. The van der Waals surface area contributed by atoms with Crippen LogP contribution < -0.4 is 14.4 Å². The molecule has 1 saturated heterocycles. The molecule has 2 amide bonds. The lowest BCUT2D eigenvalue weighted by atomic mass is 9.77. The molecule has 2 aliphatic rings. The van der Waals surface area contributed by atoms with Gasteiger partial charge in [0.15, 0.2) is 5.70 Å². The third-order valence-electron chi connectivity index (χ3n) is 8.04. The number of aromatic nitrogens is 4. The summed E-state index contributed by atoms with van der Waals surface area (Å²) in [6.45, 7) is 2.96. The molecule has 1 fully saturated rings. The number of phosphoric ester groups is 1. The van der Waals surface area contributed by atoms with Crippen LogP contribution in [0.25, 0.3) is 0 Å². The van der Waals surface area contributed by atoms with Gasteiger partial charge in [0.05, 0.1) is 22.4 Å². The summed E-state index contributed by atoms with van der Waals surface area (Å²) in [5.74, 6) is -5.58. The fourth-order valence-corrected chi connectivity index (χ4v) is 7.11. The maximum absolute atomic E-state index is 14.4. The number of nitro groups is 1. The Labute approximate surface area is 288 Å². The van der Waals surface area contributed by atoms with Crippen LogP contribution >= 0.6 is 7.82 Å². The van der Waals surface area contributed by atoms with Crippen molar-refractivity contribution in [2.24, 2.45) is 11.8 Å². The van der Waals surface area contributed by atoms with Crippen LogP contribution in [-0.2, 0) is 34.8 Å². The molecule has 4 atom stereocenters. The van der Waals surface area contributed by atoms with Crippen molar-refractivity contribution in [3.8, 4) is 11.5 Å². The zero-order valence-corrected chi connectivity index (χ0v) is 27.7. The van der Waals surface area contributed by atoms with Gasteiger partial charge in [0.25, 0.3) is 5.69 Å². The first-order valence-corrected chi connectivity index (χ1v) is 16.8. The predicted molar refractivity (Wildman–Crippen MR) is 172 cm³/mol. The maximum Gasteiger partial charge on any atom is 0.646 e. The topological polar surface area (TPSA) is 224 Å². The number of hydrogen-bond acceptors (Lipinski definition) is 14. The smallest absolute Gasteiger partial charge is 0.388 e. The van der Waals surface area contributed by atoms with Crippen molar-refractivity contribution in [1.29, 1.82) is 0 Å². The number of non-ortho nitro benzene ring substituents is 1. The number of nitrogens with one attached hydrogen (secondary N) is 1. The van der Waals surface area contributed by atoms with E-state index in [0.717, 1.165) is 29.2 Å². The molecule has 1 N–H and O–H groups in total. The molecule has 6 rings (SSSR count). The average molecular weight is 718 g/mol. The second-order valence-electron chi connectivity index (χ2n) is 11.4. The Morgan fingerprint density at radius 2 is 1.55 bits per heavy atom. The first kappa shape index (κ1) is 34.4. The molecule has 262 valence electrons. The van der Waals surface area contributed by atoms with E-state index in [4.69, 9.17) is 18.3 Å². The fourth-order valence-electron chi connectivity index (χ4n) is 5.75. The average Bonchev–Trinajstić information content (AvgIpc) is 3.69. The Bertz CT molecular complexity index is 2000. The van der Waals surface area contributed by atoms with Crippen molar-refractivity contribution >= 4 is 37.3 Å². The quantitative estimate of drug-likeness (QED) is 0.0522. The molecule has 51 heavy (non-hydrogen) atoms. The molecular weight excluding hydrogens is 689 g/mol. The van der Waals surface area contributed by atoms with E-state index in [0.29, 0.717) is 0 Å². The third kappa shape index (κ3) is 7.30.